The zero-order valence-corrected chi connectivity index (χ0v) is 23.9. The Hall–Kier alpha value is -5.86. The van der Waals surface area contributed by atoms with Crippen molar-refractivity contribution in [3.05, 3.63) is 158 Å². The molecule has 0 aliphatic carbocycles. The lowest BCUT2D eigenvalue weighted by Crippen LogP contribution is -1.85. The quantitative estimate of drug-likeness (QED) is 0.227. The van der Waals surface area contributed by atoms with E-state index in [2.05, 4.69) is 151 Å². The maximum Gasteiger partial charge on any atom is 0.143 e. The molecule has 1 N–H and O–H groups in total. The monoisotopic (exact) mass is 561 g/mol. The van der Waals surface area contributed by atoms with E-state index in [1.54, 1.807) is 0 Å². The van der Waals surface area contributed by atoms with Crippen molar-refractivity contribution >= 4 is 43.7 Å². The number of furan rings is 1. The summed E-state index contributed by atoms with van der Waals surface area (Å²) in [7, 11) is 0. The predicted octanol–water partition coefficient (Wildman–Crippen LogP) is 11.9. The highest BCUT2D eigenvalue weighted by Gasteiger charge is 2.14. The summed E-state index contributed by atoms with van der Waals surface area (Å²) in [5.41, 5.74) is 13.6. The summed E-state index contributed by atoms with van der Waals surface area (Å²) in [6, 6.07) is 56.2. The summed E-state index contributed by atoms with van der Waals surface area (Å²) in [6.07, 6.45) is 0. The molecule has 0 atom stereocenters. The molecule has 0 fully saturated rings. The molecule has 0 unspecified atom stereocenters. The Bertz CT molecular complexity index is 2500. The molecule has 9 rings (SSSR count). The largest absolute Gasteiger partial charge is 0.455 e. The van der Waals surface area contributed by atoms with E-state index < -0.39 is 0 Å². The fourth-order valence-corrected chi connectivity index (χ4v) is 6.68. The van der Waals surface area contributed by atoms with E-state index in [0.29, 0.717) is 0 Å². The number of aromatic nitrogens is 1. The van der Waals surface area contributed by atoms with Gasteiger partial charge in [-0.1, -0.05) is 127 Å². The van der Waals surface area contributed by atoms with Crippen LogP contribution >= 0.6 is 0 Å². The highest BCUT2D eigenvalue weighted by Crippen LogP contribution is 2.39. The maximum atomic E-state index is 6.36. The second-order valence-corrected chi connectivity index (χ2v) is 11.4. The average Bonchev–Trinajstić information content (AvgIpc) is 3.67. The van der Waals surface area contributed by atoms with Gasteiger partial charge in [0.15, 0.2) is 0 Å². The van der Waals surface area contributed by atoms with Crippen molar-refractivity contribution < 1.29 is 4.42 Å². The van der Waals surface area contributed by atoms with Gasteiger partial charge in [0.2, 0.25) is 0 Å². The first-order chi connectivity index (χ1) is 21.8. The van der Waals surface area contributed by atoms with E-state index in [0.717, 1.165) is 44.1 Å². The lowest BCUT2D eigenvalue weighted by Gasteiger charge is -2.10. The summed E-state index contributed by atoms with van der Waals surface area (Å²) in [6.45, 7) is 0. The molecular formula is C42H27NO. The second kappa shape index (κ2) is 9.86. The van der Waals surface area contributed by atoms with Gasteiger partial charge in [0.05, 0.1) is 5.52 Å². The molecule has 0 saturated carbocycles. The summed E-state index contributed by atoms with van der Waals surface area (Å²) in [5, 5.41) is 4.77. The van der Waals surface area contributed by atoms with Crippen LogP contribution in [0.3, 0.4) is 0 Å². The van der Waals surface area contributed by atoms with Crippen LogP contribution in [0.25, 0.3) is 88.3 Å². The zero-order chi connectivity index (χ0) is 29.0. The van der Waals surface area contributed by atoms with Crippen molar-refractivity contribution in [3.63, 3.8) is 0 Å². The molecule has 2 aromatic heterocycles. The Labute approximate surface area is 254 Å². The average molecular weight is 562 g/mol. The fraction of sp³-hybridized carbons (Fsp3) is 0. The van der Waals surface area contributed by atoms with E-state index in [9.17, 15) is 0 Å². The second-order valence-electron chi connectivity index (χ2n) is 11.4. The molecule has 0 bridgehead atoms. The van der Waals surface area contributed by atoms with Crippen molar-refractivity contribution in [1.82, 2.24) is 4.98 Å². The van der Waals surface area contributed by atoms with Crippen LogP contribution in [0.2, 0.25) is 0 Å². The minimum absolute atomic E-state index is 0.918. The van der Waals surface area contributed by atoms with Gasteiger partial charge in [-0.2, -0.15) is 0 Å². The number of hydrogen-bond acceptors (Lipinski definition) is 1. The highest BCUT2D eigenvalue weighted by molar-refractivity contribution is 6.13. The van der Waals surface area contributed by atoms with Crippen LogP contribution in [0.5, 0.6) is 0 Å². The van der Waals surface area contributed by atoms with Crippen LogP contribution in [-0.4, -0.2) is 4.98 Å². The third kappa shape index (κ3) is 3.96. The van der Waals surface area contributed by atoms with Crippen LogP contribution in [-0.2, 0) is 0 Å². The summed E-state index contributed by atoms with van der Waals surface area (Å²) >= 11 is 0. The molecule has 0 aliphatic heterocycles. The first-order valence-electron chi connectivity index (χ1n) is 15.0. The Kier molecular flexibility index (Phi) is 5.54. The van der Waals surface area contributed by atoms with Crippen LogP contribution in [0.15, 0.2) is 162 Å². The van der Waals surface area contributed by atoms with Gasteiger partial charge < -0.3 is 9.40 Å². The number of benzene rings is 7. The molecule has 7 aromatic carbocycles. The van der Waals surface area contributed by atoms with Crippen molar-refractivity contribution in [2.45, 2.75) is 0 Å². The van der Waals surface area contributed by atoms with Gasteiger partial charge >= 0.3 is 0 Å². The standard InChI is InChI=1S/C42H27NO/c1-2-10-27(11-3-1)30-22-23-39-38(26-30)36-19-8-17-33(41(36)43-39)31-14-6-12-28(24-31)29-13-7-15-32(25-29)34-18-9-20-37-35-16-4-5-21-40(35)44-42(34)37/h1-26,43H. The van der Waals surface area contributed by atoms with Crippen LogP contribution in [0, 0.1) is 0 Å². The Morgan fingerprint density at radius 2 is 0.955 bits per heavy atom. The molecule has 0 spiro atoms. The smallest absolute Gasteiger partial charge is 0.143 e. The minimum Gasteiger partial charge on any atom is -0.455 e. The molecule has 0 amide bonds. The van der Waals surface area contributed by atoms with Crippen LogP contribution < -0.4 is 0 Å². The molecule has 0 saturated heterocycles. The molecule has 0 radical (unpaired) electrons. The Balaban J connectivity index is 1.14. The van der Waals surface area contributed by atoms with E-state index >= 15 is 0 Å². The summed E-state index contributed by atoms with van der Waals surface area (Å²) in [4.78, 5) is 3.73. The molecule has 44 heavy (non-hydrogen) atoms. The zero-order valence-electron chi connectivity index (χ0n) is 23.9. The number of para-hydroxylation sites is 3. The third-order valence-electron chi connectivity index (χ3n) is 8.83. The molecule has 0 aliphatic rings. The number of aromatic amines is 1. The Morgan fingerprint density at radius 3 is 1.77 bits per heavy atom. The van der Waals surface area contributed by atoms with Gasteiger partial charge in [0.25, 0.3) is 0 Å². The van der Waals surface area contributed by atoms with Gasteiger partial charge in [-0.15, -0.1) is 0 Å². The van der Waals surface area contributed by atoms with E-state index in [1.807, 2.05) is 12.1 Å². The van der Waals surface area contributed by atoms with Gasteiger partial charge in [0.1, 0.15) is 11.2 Å². The molecule has 2 heteroatoms. The predicted molar refractivity (Wildman–Crippen MR) is 185 cm³/mol. The molecule has 206 valence electrons. The SMILES string of the molecule is c1ccc(-c2ccc3[nH]c4c(-c5cccc(-c6cccc(-c7cccc8c7oc7ccccc78)c6)c5)cccc4c3c2)cc1. The number of H-pyrrole nitrogens is 1. The maximum absolute atomic E-state index is 6.36. The number of rotatable bonds is 4. The normalized spacial score (nSPS) is 11.6. The van der Waals surface area contributed by atoms with E-state index in [1.165, 1.54) is 44.2 Å². The summed E-state index contributed by atoms with van der Waals surface area (Å²) in [5.74, 6) is 0. The first kappa shape index (κ1) is 24.7. The van der Waals surface area contributed by atoms with Crippen molar-refractivity contribution in [2.75, 3.05) is 0 Å². The van der Waals surface area contributed by atoms with Crippen LogP contribution in [0.4, 0.5) is 0 Å². The van der Waals surface area contributed by atoms with Gasteiger partial charge in [-0.25, -0.2) is 0 Å². The van der Waals surface area contributed by atoms with Crippen LogP contribution in [0.1, 0.15) is 0 Å². The van der Waals surface area contributed by atoms with Crippen molar-refractivity contribution in [2.24, 2.45) is 0 Å². The first-order valence-corrected chi connectivity index (χ1v) is 15.0. The van der Waals surface area contributed by atoms with Crippen molar-refractivity contribution in [3.8, 4) is 44.5 Å². The number of nitrogens with one attached hydrogen (secondary N) is 1. The van der Waals surface area contributed by atoms with E-state index in [-0.39, 0.29) is 0 Å². The molecule has 9 aromatic rings. The highest BCUT2D eigenvalue weighted by atomic mass is 16.3. The molecular weight excluding hydrogens is 534 g/mol. The van der Waals surface area contributed by atoms with Crippen molar-refractivity contribution in [1.29, 1.82) is 0 Å². The lowest BCUT2D eigenvalue weighted by atomic mass is 9.95. The Morgan fingerprint density at radius 1 is 0.364 bits per heavy atom. The number of hydrogen-bond donors (Lipinski definition) is 1. The fourth-order valence-electron chi connectivity index (χ4n) is 6.68. The minimum atomic E-state index is 0.918. The lowest BCUT2D eigenvalue weighted by molar-refractivity contribution is 0.670. The summed E-state index contributed by atoms with van der Waals surface area (Å²) < 4.78 is 6.36. The van der Waals surface area contributed by atoms with E-state index in [4.69, 9.17) is 4.42 Å². The molecule has 2 nitrogen and oxygen atoms in total. The number of fused-ring (bicyclic) bond motifs is 6. The van der Waals surface area contributed by atoms with Gasteiger partial charge in [-0.3, -0.25) is 0 Å². The topological polar surface area (TPSA) is 28.9 Å². The van der Waals surface area contributed by atoms with Gasteiger partial charge in [0, 0.05) is 38.2 Å². The van der Waals surface area contributed by atoms with Gasteiger partial charge in [-0.05, 0) is 63.7 Å². The third-order valence-corrected chi connectivity index (χ3v) is 8.83. The molecule has 2 heterocycles.